The van der Waals surface area contributed by atoms with Gasteiger partial charge in [0, 0.05) is 37.7 Å². The van der Waals surface area contributed by atoms with E-state index in [0.29, 0.717) is 0 Å². The van der Waals surface area contributed by atoms with E-state index in [1.54, 1.807) is 6.20 Å². The molecule has 0 amide bonds. The Kier molecular flexibility index (Phi) is 4.12. The van der Waals surface area contributed by atoms with Crippen molar-refractivity contribution < 1.29 is 0 Å². The van der Waals surface area contributed by atoms with Crippen LogP contribution in [0.1, 0.15) is 36.9 Å². The quantitative estimate of drug-likeness (QED) is 0.674. The summed E-state index contributed by atoms with van der Waals surface area (Å²) in [5.41, 5.74) is 9.40. The average molecular weight is 296 g/mol. The fourth-order valence-corrected chi connectivity index (χ4v) is 3.85. The Balaban J connectivity index is 1.75. The maximum absolute atomic E-state index is 6.59. The fraction of sp³-hybridized carbons (Fsp3) is 0.444. The van der Waals surface area contributed by atoms with Crippen molar-refractivity contribution in [3.63, 3.8) is 0 Å². The smallest absolute Gasteiger partial charge is 0.128 e. The molecule has 1 fully saturated rings. The molecular formula is C18H24N4. The first-order chi connectivity index (χ1) is 10.7. The summed E-state index contributed by atoms with van der Waals surface area (Å²) in [4.78, 5) is 11.0. The maximum atomic E-state index is 6.59. The molecule has 0 bridgehead atoms. The molecule has 2 N–H and O–H groups in total. The van der Waals surface area contributed by atoms with E-state index in [2.05, 4.69) is 27.5 Å². The lowest BCUT2D eigenvalue weighted by Crippen LogP contribution is -2.46. The standard InChI is InChI=1S/C18H24N4/c1-3-5-16(21-4-2)22-10-7-18(8-11-22)12-14-13-20-9-6-15(14)17(18)19/h3-6,9,13,17H,2,7-8,10-12,19H2,1H3/b5-3+,21-16?. The molecule has 1 aromatic heterocycles. The van der Waals surface area contributed by atoms with Gasteiger partial charge in [-0.2, -0.15) is 0 Å². The summed E-state index contributed by atoms with van der Waals surface area (Å²) in [5.74, 6) is 0.998. The molecule has 3 rings (SSSR count). The van der Waals surface area contributed by atoms with Crippen molar-refractivity contribution in [2.75, 3.05) is 13.1 Å². The van der Waals surface area contributed by atoms with Gasteiger partial charge in [-0.05, 0) is 54.9 Å². The van der Waals surface area contributed by atoms with Gasteiger partial charge in [-0.3, -0.25) is 4.98 Å². The monoisotopic (exact) mass is 296 g/mol. The Labute approximate surface area is 132 Å². The highest BCUT2D eigenvalue weighted by Crippen LogP contribution is 2.50. The average Bonchev–Trinajstić information content (AvgIpc) is 2.81. The van der Waals surface area contributed by atoms with Crippen LogP contribution in [0, 0.1) is 5.41 Å². The van der Waals surface area contributed by atoms with Crippen molar-refractivity contribution in [3.05, 3.63) is 54.5 Å². The molecule has 2 aliphatic rings. The topological polar surface area (TPSA) is 54.5 Å². The highest BCUT2D eigenvalue weighted by molar-refractivity contribution is 5.93. The number of amidine groups is 1. The lowest BCUT2D eigenvalue weighted by molar-refractivity contribution is 0.128. The van der Waals surface area contributed by atoms with Crippen LogP contribution in [0.4, 0.5) is 0 Å². The lowest BCUT2D eigenvalue weighted by Gasteiger charge is -2.42. The van der Waals surface area contributed by atoms with Gasteiger partial charge in [-0.15, -0.1) is 0 Å². The van der Waals surface area contributed by atoms with Gasteiger partial charge in [0.05, 0.1) is 0 Å². The molecule has 116 valence electrons. The minimum Gasteiger partial charge on any atom is -0.357 e. The Bertz CT molecular complexity index is 609. The molecule has 0 saturated carbocycles. The number of pyridine rings is 1. The summed E-state index contributed by atoms with van der Waals surface area (Å²) in [5, 5.41) is 0. The van der Waals surface area contributed by atoms with Gasteiger partial charge in [-0.25, -0.2) is 4.99 Å². The molecule has 2 heterocycles. The second kappa shape index (κ2) is 6.05. The molecule has 1 unspecified atom stereocenters. The molecule has 1 saturated heterocycles. The van der Waals surface area contributed by atoms with Crippen molar-refractivity contribution in [1.82, 2.24) is 9.88 Å². The third kappa shape index (κ3) is 2.48. The molecule has 4 nitrogen and oxygen atoms in total. The van der Waals surface area contributed by atoms with Crippen molar-refractivity contribution in [2.45, 2.75) is 32.2 Å². The van der Waals surface area contributed by atoms with Gasteiger partial charge in [0.2, 0.25) is 0 Å². The largest absolute Gasteiger partial charge is 0.357 e. The molecule has 0 radical (unpaired) electrons. The minimum atomic E-state index is 0.133. The van der Waals surface area contributed by atoms with E-state index in [4.69, 9.17) is 5.73 Å². The highest BCUT2D eigenvalue weighted by atomic mass is 15.2. The minimum absolute atomic E-state index is 0.133. The zero-order valence-corrected chi connectivity index (χ0v) is 13.2. The van der Waals surface area contributed by atoms with Gasteiger partial charge in [0.1, 0.15) is 5.84 Å². The zero-order chi connectivity index (χ0) is 15.6. The molecule has 1 spiro atoms. The number of hydrogen-bond donors (Lipinski definition) is 1. The van der Waals surface area contributed by atoms with Crippen LogP contribution < -0.4 is 5.73 Å². The van der Waals surface area contributed by atoms with Gasteiger partial charge in [-0.1, -0.05) is 12.7 Å². The Hall–Kier alpha value is -1.94. The molecule has 4 heteroatoms. The fourth-order valence-electron chi connectivity index (χ4n) is 3.85. The van der Waals surface area contributed by atoms with Crippen LogP contribution in [0.3, 0.4) is 0 Å². The van der Waals surface area contributed by atoms with Crippen LogP contribution in [0.2, 0.25) is 0 Å². The van der Waals surface area contributed by atoms with E-state index < -0.39 is 0 Å². The molecular weight excluding hydrogens is 272 g/mol. The summed E-state index contributed by atoms with van der Waals surface area (Å²) in [7, 11) is 0. The van der Waals surface area contributed by atoms with Crippen LogP contribution in [-0.2, 0) is 6.42 Å². The van der Waals surface area contributed by atoms with E-state index in [9.17, 15) is 0 Å². The van der Waals surface area contributed by atoms with E-state index in [-0.39, 0.29) is 11.5 Å². The summed E-state index contributed by atoms with van der Waals surface area (Å²) in [6, 6.07) is 2.22. The molecule has 0 aromatic carbocycles. The van der Waals surface area contributed by atoms with Gasteiger partial charge in [0.25, 0.3) is 0 Å². The summed E-state index contributed by atoms with van der Waals surface area (Å²) >= 11 is 0. The van der Waals surface area contributed by atoms with Gasteiger partial charge in [0.15, 0.2) is 0 Å². The Morgan fingerprint density at radius 1 is 1.50 bits per heavy atom. The number of hydrogen-bond acceptors (Lipinski definition) is 3. The molecule has 22 heavy (non-hydrogen) atoms. The predicted octanol–water partition coefficient (Wildman–Crippen LogP) is 2.84. The normalized spacial score (nSPS) is 24.0. The SMILES string of the molecule is C=CN=C(/C=C/C)N1CCC2(CC1)Cc1cnccc1C2N. The molecule has 1 atom stereocenters. The second-order valence-corrected chi connectivity index (χ2v) is 6.25. The van der Waals surface area contributed by atoms with Crippen molar-refractivity contribution in [2.24, 2.45) is 16.1 Å². The number of likely N-dealkylation sites (tertiary alicyclic amines) is 1. The number of aromatic nitrogens is 1. The Morgan fingerprint density at radius 2 is 2.27 bits per heavy atom. The first-order valence-electron chi connectivity index (χ1n) is 7.95. The molecule has 1 aliphatic heterocycles. The van der Waals surface area contributed by atoms with E-state index >= 15 is 0 Å². The van der Waals surface area contributed by atoms with E-state index in [0.717, 1.165) is 38.2 Å². The second-order valence-electron chi connectivity index (χ2n) is 6.25. The van der Waals surface area contributed by atoms with Crippen molar-refractivity contribution in [1.29, 1.82) is 0 Å². The number of nitrogens with zero attached hydrogens (tertiary/aromatic N) is 3. The van der Waals surface area contributed by atoms with Crippen LogP contribution in [0.25, 0.3) is 0 Å². The van der Waals surface area contributed by atoms with Crippen LogP contribution >= 0.6 is 0 Å². The lowest BCUT2D eigenvalue weighted by atomic mass is 9.73. The summed E-state index contributed by atoms with van der Waals surface area (Å²) < 4.78 is 0. The summed E-state index contributed by atoms with van der Waals surface area (Å²) in [6.07, 6.45) is 12.8. The first-order valence-corrected chi connectivity index (χ1v) is 7.95. The zero-order valence-electron chi connectivity index (χ0n) is 13.2. The van der Waals surface area contributed by atoms with Crippen LogP contribution in [-0.4, -0.2) is 28.8 Å². The number of rotatable bonds is 2. The van der Waals surface area contributed by atoms with Gasteiger partial charge < -0.3 is 10.6 Å². The van der Waals surface area contributed by atoms with E-state index in [1.165, 1.54) is 11.1 Å². The highest BCUT2D eigenvalue weighted by Gasteiger charge is 2.46. The molecule has 1 aromatic rings. The maximum Gasteiger partial charge on any atom is 0.128 e. The summed E-state index contributed by atoms with van der Waals surface area (Å²) in [6.45, 7) is 7.71. The van der Waals surface area contributed by atoms with E-state index in [1.807, 2.05) is 31.5 Å². The van der Waals surface area contributed by atoms with Gasteiger partial charge >= 0.3 is 0 Å². The van der Waals surface area contributed by atoms with Crippen molar-refractivity contribution >= 4 is 5.84 Å². The third-order valence-corrected chi connectivity index (χ3v) is 5.10. The Morgan fingerprint density at radius 3 is 2.91 bits per heavy atom. The molecule has 1 aliphatic carbocycles. The number of aliphatic imine (C=N–C) groups is 1. The van der Waals surface area contributed by atoms with Crippen LogP contribution in [0.15, 0.2) is 48.4 Å². The van der Waals surface area contributed by atoms with Crippen LogP contribution in [0.5, 0.6) is 0 Å². The number of piperidine rings is 1. The predicted molar refractivity (Wildman–Crippen MR) is 90.6 cm³/mol. The number of nitrogens with two attached hydrogens (primary N) is 1. The first kappa shape index (κ1) is 15.0. The number of allylic oxidation sites excluding steroid dienone is 1. The number of fused-ring (bicyclic) bond motifs is 1. The third-order valence-electron chi connectivity index (χ3n) is 5.10. The van der Waals surface area contributed by atoms with Crippen molar-refractivity contribution in [3.8, 4) is 0 Å².